The summed E-state index contributed by atoms with van der Waals surface area (Å²) < 4.78 is 0. The zero-order valence-electron chi connectivity index (χ0n) is 13.3. The average Bonchev–Trinajstić information content (AvgIpc) is 2.36. The summed E-state index contributed by atoms with van der Waals surface area (Å²) in [6.07, 6.45) is 0.897. The van der Waals surface area contributed by atoms with Crippen molar-refractivity contribution in [3.05, 3.63) is 35.9 Å². The van der Waals surface area contributed by atoms with E-state index in [4.69, 9.17) is 5.73 Å². The highest BCUT2D eigenvalue weighted by Crippen LogP contribution is 2.29. The molecule has 1 aromatic carbocycles. The van der Waals surface area contributed by atoms with Crippen molar-refractivity contribution in [3.63, 3.8) is 0 Å². The Labute approximate surface area is 122 Å². The molecule has 3 N–H and O–H groups in total. The van der Waals surface area contributed by atoms with Crippen LogP contribution in [-0.4, -0.2) is 11.9 Å². The minimum Gasteiger partial charge on any atom is -0.349 e. The van der Waals surface area contributed by atoms with E-state index in [-0.39, 0.29) is 29.3 Å². The zero-order valence-corrected chi connectivity index (χ0v) is 13.3. The molecule has 3 atom stereocenters. The first kappa shape index (κ1) is 16.7. The number of carbonyl (C=O) groups excluding carboxylic acids is 1. The van der Waals surface area contributed by atoms with E-state index in [1.807, 2.05) is 32.0 Å². The van der Waals surface area contributed by atoms with Gasteiger partial charge in [-0.05, 0) is 24.3 Å². The summed E-state index contributed by atoms with van der Waals surface area (Å²) in [5.74, 6) is -0.153. The lowest BCUT2D eigenvalue weighted by molar-refractivity contribution is -0.125. The molecule has 3 unspecified atom stereocenters. The Balaban J connectivity index is 2.87. The number of carbonyl (C=O) groups is 1. The second-order valence-corrected chi connectivity index (χ2v) is 6.88. The third-order valence-electron chi connectivity index (χ3n) is 3.54. The van der Waals surface area contributed by atoms with E-state index in [1.165, 1.54) is 0 Å². The van der Waals surface area contributed by atoms with Crippen molar-refractivity contribution in [1.29, 1.82) is 0 Å². The number of amides is 1. The summed E-state index contributed by atoms with van der Waals surface area (Å²) in [4.78, 5) is 12.3. The Morgan fingerprint density at radius 1 is 1.20 bits per heavy atom. The van der Waals surface area contributed by atoms with E-state index >= 15 is 0 Å². The summed E-state index contributed by atoms with van der Waals surface area (Å²) in [5, 5.41) is 3.15. The van der Waals surface area contributed by atoms with Crippen LogP contribution >= 0.6 is 0 Å². The molecular weight excluding hydrogens is 248 g/mol. The van der Waals surface area contributed by atoms with Gasteiger partial charge in [-0.3, -0.25) is 4.79 Å². The third-order valence-corrected chi connectivity index (χ3v) is 3.54. The fourth-order valence-electron chi connectivity index (χ4n) is 2.09. The molecule has 1 amide bonds. The molecule has 112 valence electrons. The normalized spacial score (nSPS) is 16.3. The Bertz CT molecular complexity index is 420. The molecule has 0 spiro atoms. The summed E-state index contributed by atoms with van der Waals surface area (Å²) >= 11 is 0. The molecule has 0 aromatic heterocycles. The molecule has 0 bridgehead atoms. The lowest BCUT2D eigenvalue weighted by Gasteiger charge is -2.29. The van der Waals surface area contributed by atoms with Gasteiger partial charge in [0.15, 0.2) is 0 Å². The maximum atomic E-state index is 12.3. The second-order valence-electron chi connectivity index (χ2n) is 6.88. The van der Waals surface area contributed by atoms with Crippen LogP contribution in [0.15, 0.2) is 30.3 Å². The van der Waals surface area contributed by atoms with Crippen LogP contribution in [0.4, 0.5) is 0 Å². The van der Waals surface area contributed by atoms with Gasteiger partial charge in [0.25, 0.3) is 0 Å². The van der Waals surface area contributed by atoms with Gasteiger partial charge >= 0.3 is 0 Å². The number of nitrogens with two attached hydrogens (primary N) is 1. The van der Waals surface area contributed by atoms with Crippen molar-refractivity contribution in [2.45, 2.75) is 53.1 Å². The SMILES string of the molecule is CC(N)C(C)C(=O)NC(CC(C)(C)C)c1ccccc1. The first-order chi connectivity index (χ1) is 9.20. The standard InChI is InChI=1S/C17H28N2O/c1-12(13(2)18)16(20)19-15(11-17(3,4)5)14-9-7-6-8-10-14/h6-10,12-13,15H,11,18H2,1-5H3,(H,19,20). The van der Waals surface area contributed by atoms with Gasteiger partial charge in [-0.2, -0.15) is 0 Å². The van der Waals surface area contributed by atoms with E-state index in [2.05, 4.69) is 38.2 Å². The molecule has 0 saturated carbocycles. The average molecular weight is 276 g/mol. The summed E-state index contributed by atoms with van der Waals surface area (Å²) in [7, 11) is 0. The molecule has 0 radical (unpaired) electrons. The van der Waals surface area contributed by atoms with Crippen LogP contribution in [0.25, 0.3) is 0 Å². The molecule has 3 nitrogen and oxygen atoms in total. The maximum absolute atomic E-state index is 12.3. The first-order valence-corrected chi connectivity index (χ1v) is 7.31. The van der Waals surface area contributed by atoms with Gasteiger partial charge in [-0.25, -0.2) is 0 Å². The molecule has 0 aliphatic rings. The van der Waals surface area contributed by atoms with E-state index < -0.39 is 0 Å². The fourth-order valence-corrected chi connectivity index (χ4v) is 2.09. The van der Waals surface area contributed by atoms with Gasteiger partial charge in [0.2, 0.25) is 5.91 Å². The molecule has 0 saturated heterocycles. The van der Waals surface area contributed by atoms with Crippen LogP contribution in [0, 0.1) is 11.3 Å². The molecule has 20 heavy (non-hydrogen) atoms. The number of hydrogen-bond acceptors (Lipinski definition) is 2. The Kier molecular flexibility index (Phi) is 5.75. The van der Waals surface area contributed by atoms with Crippen LogP contribution in [-0.2, 0) is 4.79 Å². The molecular formula is C17H28N2O. The van der Waals surface area contributed by atoms with Gasteiger partial charge < -0.3 is 11.1 Å². The van der Waals surface area contributed by atoms with E-state index in [0.717, 1.165) is 12.0 Å². The van der Waals surface area contributed by atoms with Crippen LogP contribution in [0.1, 0.15) is 52.6 Å². The topological polar surface area (TPSA) is 55.1 Å². The first-order valence-electron chi connectivity index (χ1n) is 7.31. The number of nitrogens with one attached hydrogen (secondary N) is 1. The van der Waals surface area contributed by atoms with Crippen LogP contribution in [0.2, 0.25) is 0 Å². The quantitative estimate of drug-likeness (QED) is 0.867. The Morgan fingerprint density at radius 3 is 2.20 bits per heavy atom. The lowest BCUT2D eigenvalue weighted by Crippen LogP contribution is -2.41. The van der Waals surface area contributed by atoms with Crippen LogP contribution in [0.5, 0.6) is 0 Å². The fraction of sp³-hybridized carbons (Fsp3) is 0.588. The molecule has 1 rings (SSSR count). The second kappa shape index (κ2) is 6.89. The van der Waals surface area contributed by atoms with Gasteiger partial charge in [0.1, 0.15) is 0 Å². The Morgan fingerprint density at radius 2 is 1.75 bits per heavy atom. The minimum atomic E-state index is -0.179. The molecule has 1 aromatic rings. The lowest BCUT2D eigenvalue weighted by atomic mass is 9.85. The largest absolute Gasteiger partial charge is 0.349 e. The van der Waals surface area contributed by atoms with Gasteiger partial charge in [-0.15, -0.1) is 0 Å². The number of rotatable bonds is 5. The number of hydrogen-bond donors (Lipinski definition) is 2. The summed E-state index contributed by atoms with van der Waals surface area (Å²) in [6, 6.07) is 10.0. The van der Waals surface area contributed by atoms with E-state index in [0.29, 0.717) is 0 Å². The maximum Gasteiger partial charge on any atom is 0.224 e. The molecule has 0 heterocycles. The zero-order chi connectivity index (χ0) is 15.3. The smallest absolute Gasteiger partial charge is 0.224 e. The molecule has 0 fully saturated rings. The third kappa shape index (κ3) is 5.33. The molecule has 0 aliphatic heterocycles. The number of benzene rings is 1. The van der Waals surface area contributed by atoms with Gasteiger partial charge in [-0.1, -0.05) is 58.0 Å². The monoisotopic (exact) mass is 276 g/mol. The van der Waals surface area contributed by atoms with Crippen LogP contribution < -0.4 is 11.1 Å². The van der Waals surface area contributed by atoms with Gasteiger partial charge in [0.05, 0.1) is 6.04 Å². The molecule has 3 heteroatoms. The van der Waals surface area contributed by atoms with Gasteiger partial charge in [0, 0.05) is 12.0 Å². The van der Waals surface area contributed by atoms with E-state index in [1.54, 1.807) is 0 Å². The van der Waals surface area contributed by atoms with Crippen LogP contribution in [0.3, 0.4) is 0 Å². The van der Waals surface area contributed by atoms with Crippen molar-refractivity contribution < 1.29 is 4.79 Å². The van der Waals surface area contributed by atoms with Crippen molar-refractivity contribution in [2.24, 2.45) is 17.1 Å². The van der Waals surface area contributed by atoms with Crippen molar-refractivity contribution >= 4 is 5.91 Å². The van der Waals surface area contributed by atoms with Crippen molar-refractivity contribution in [2.75, 3.05) is 0 Å². The Hall–Kier alpha value is -1.35. The van der Waals surface area contributed by atoms with Crippen molar-refractivity contribution in [3.8, 4) is 0 Å². The molecule has 0 aliphatic carbocycles. The van der Waals surface area contributed by atoms with Crippen molar-refractivity contribution in [1.82, 2.24) is 5.32 Å². The summed E-state index contributed by atoms with van der Waals surface area (Å²) in [5.41, 5.74) is 7.11. The highest BCUT2D eigenvalue weighted by atomic mass is 16.1. The highest BCUT2D eigenvalue weighted by Gasteiger charge is 2.25. The summed E-state index contributed by atoms with van der Waals surface area (Å²) in [6.45, 7) is 10.3. The predicted octanol–water partition coefficient (Wildman–Crippen LogP) is 3.26. The highest BCUT2D eigenvalue weighted by molar-refractivity contribution is 5.79. The predicted molar refractivity (Wildman–Crippen MR) is 84.2 cm³/mol. The minimum absolute atomic E-state index is 0.0260. The van der Waals surface area contributed by atoms with E-state index in [9.17, 15) is 4.79 Å².